The SMILES string of the molecule is CN1CCN(c2ccc(C(=O)Nc3ccc(N(C)C)cc3)nn2)CC1. The van der Waals surface area contributed by atoms with Crippen LogP contribution in [0.4, 0.5) is 17.2 Å². The van der Waals surface area contributed by atoms with Crippen LogP contribution in [0.25, 0.3) is 0 Å². The molecule has 25 heavy (non-hydrogen) atoms. The van der Waals surface area contributed by atoms with E-state index < -0.39 is 0 Å². The number of rotatable bonds is 4. The smallest absolute Gasteiger partial charge is 0.276 e. The Morgan fingerprint density at radius 3 is 2.24 bits per heavy atom. The second-order valence-corrected chi connectivity index (χ2v) is 6.46. The van der Waals surface area contributed by atoms with Crippen molar-refractivity contribution in [2.45, 2.75) is 0 Å². The Hall–Kier alpha value is -2.67. The molecule has 1 aromatic heterocycles. The molecule has 0 aliphatic carbocycles. The van der Waals surface area contributed by atoms with Crippen molar-refractivity contribution in [3.63, 3.8) is 0 Å². The summed E-state index contributed by atoms with van der Waals surface area (Å²) in [5, 5.41) is 11.2. The van der Waals surface area contributed by atoms with Gasteiger partial charge in [-0.05, 0) is 43.4 Å². The standard InChI is InChI=1S/C18H24N6O/c1-22(2)15-6-4-14(5-7-15)19-18(25)16-8-9-17(21-20-16)24-12-10-23(3)11-13-24/h4-9H,10-13H2,1-3H3,(H,19,25). The number of anilines is 3. The number of amides is 1. The van der Waals surface area contributed by atoms with Crippen molar-refractivity contribution in [1.29, 1.82) is 0 Å². The van der Waals surface area contributed by atoms with E-state index in [9.17, 15) is 4.79 Å². The number of hydrogen-bond acceptors (Lipinski definition) is 6. The van der Waals surface area contributed by atoms with Crippen LogP contribution in [0.5, 0.6) is 0 Å². The van der Waals surface area contributed by atoms with Crippen molar-refractivity contribution in [1.82, 2.24) is 15.1 Å². The Morgan fingerprint density at radius 1 is 1.00 bits per heavy atom. The number of benzene rings is 1. The molecule has 0 spiro atoms. The molecule has 1 aliphatic rings. The maximum atomic E-state index is 12.3. The molecule has 1 aliphatic heterocycles. The van der Waals surface area contributed by atoms with Crippen LogP contribution in [-0.2, 0) is 0 Å². The summed E-state index contributed by atoms with van der Waals surface area (Å²) in [5.41, 5.74) is 2.13. The van der Waals surface area contributed by atoms with Crippen LogP contribution in [0.2, 0.25) is 0 Å². The van der Waals surface area contributed by atoms with Crippen molar-refractivity contribution >= 4 is 23.1 Å². The van der Waals surface area contributed by atoms with Crippen molar-refractivity contribution in [2.24, 2.45) is 0 Å². The van der Waals surface area contributed by atoms with Gasteiger partial charge in [0.15, 0.2) is 11.5 Å². The molecule has 1 aromatic carbocycles. The van der Waals surface area contributed by atoms with Crippen LogP contribution in [-0.4, -0.2) is 68.3 Å². The van der Waals surface area contributed by atoms with E-state index in [0.29, 0.717) is 5.69 Å². The molecule has 7 heteroatoms. The van der Waals surface area contributed by atoms with Gasteiger partial charge in [-0.2, -0.15) is 0 Å². The zero-order valence-corrected chi connectivity index (χ0v) is 14.9. The molecule has 2 heterocycles. The summed E-state index contributed by atoms with van der Waals surface area (Å²) in [6, 6.07) is 11.3. The third-order valence-corrected chi connectivity index (χ3v) is 4.35. The van der Waals surface area contributed by atoms with Crippen molar-refractivity contribution in [2.75, 3.05) is 62.4 Å². The lowest BCUT2D eigenvalue weighted by Gasteiger charge is -2.32. The van der Waals surface area contributed by atoms with E-state index in [0.717, 1.165) is 43.4 Å². The highest BCUT2D eigenvalue weighted by Gasteiger charge is 2.16. The van der Waals surface area contributed by atoms with E-state index in [4.69, 9.17) is 0 Å². The van der Waals surface area contributed by atoms with Gasteiger partial charge >= 0.3 is 0 Å². The number of aromatic nitrogens is 2. The number of nitrogens with one attached hydrogen (secondary N) is 1. The number of piperazine rings is 1. The van der Waals surface area contributed by atoms with Gasteiger partial charge in [-0.1, -0.05) is 0 Å². The molecule has 0 radical (unpaired) electrons. The first-order valence-corrected chi connectivity index (χ1v) is 8.39. The molecule has 132 valence electrons. The van der Waals surface area contributed by atoms with Crippen LogP contribution >= 0.6 is 0 Å². The molecule has 1 fully saturated rings. The van der Waals surface area contributed by atoms with Crippen LogP contribution in [0.15, 0.2) is 36.4 Å². The van der Waals surface area contributed by atoms with E-state index in [1.807, 2.05) is 49.3 Å². The average molecular weight is 340 g/mol. The fourth-order valence-electron chi connectivity index (χ4n) is 2.69. The largest absolute Gasteiger partial charge is 0.378 e. The number of carbonyl (C=O) groups is 1. The minimum atomic E-state index is -0.255. The van der Waals surface area contributed by atoms with E-state index >= 15 is 0 Å². The minimum Gasteiger partial charge on any atom is -0.378 e. The normalized spacial score (nSPS) is 15.1. The van der Waals surface area contributed by atoms with Gasteiger partial charge in [0.25, 0.3) is 5.91 Å². The fraction of sp³-hybridized carbons (Fsp3) is 0.389. The average Bonchev–Trinajstić information content (AvgIpc) is 2.63. The van der Waals surface area contributed by atoms with Crippen molar-refractivity contribution < 1.29 is 4.79 Å². The lowest BCUT2D eigenvalue weighted by molar-refractivity contribution is 0.102. The highest BCUT2D eigenvalue weighted by Crippen LogP contribution is 2.17. The zero-order valence-electron chi connectivity index (χ0n) is 14.9. The number of likely N-dealkylation sites (N-methyl/N-ethyl adjacent to an activating group) is 1. The quantitative estimate of drug-likeness (QED) is 0.911. The molecule has 0 unspecified atom stereocenters. The van der Waals surface area contributed by atoms with Gasteiger partial charge in [0.1, 0.15) is 0 Å². The molecule has 7 nitrogen and oxygen atoms in total. The van der Waals surface area contributed by atoms with E-state index in [1.165, 1.54) is 0 Å². The van der Waals surface area contributed by atoms with Gasteiger partial charge in [-0.3, -0.25) is 4.79 Å². The van der Waals surface area contributed by atoms with E-state index in [-0.39, 0.29) is 5.91 Å². The molecule has 1 amide bonds. The minimum absolute atomic E-state index is 0.255. The lowest BCUT2D eigenvalue weighted by atomic mass is 10.2. The third kappa shape index (κ3) is 4.24. The first-order chi connectivity index (χ1) is 12.0. The van der Waals surface area contributed by atoms with E-state index in [1.54, 1.807) is 6.07 Å². The van der Waals surface area contributed by atoms with E-state index in [2.05, 4.69) is 32.4 Å². The third-order valence-electron chi connectivity index (χ3n) is 4.35. The topological polar surface area (TPSA) is 64.6 Å². The monoisotopic (exact) mass is 340 g/mol. The Kier molecular flexibility index (Phi) is 5.14. The molecular weight excluding hydrogens is 316 g/mol. The predicted octanol–water partition coefficient (Wildman–Crippen LogP) is 1.55. The second kappa shape index (κ2) is 7.48. The summed E-state index contributed by atoms with van der Waals surface area (Å²) in [6.45, 7) is 3.86. The summed E-state index contributed by atoms with van der Waals surface area (Å²) >= 11 is 0. The lowest BCUT2D eigenvalue weighted by Crippen LogP contribution is -2.44. The maximum Gasteiger partial charge on any atom is 0.276 e. The van der Waals surface area contributed by atoms with Crippen molar-refractivity contribution in [3.05, 3.63) is 42.1 Å². The van der Waals surface area contributed by atoms with Crippen LogP contribution in [0.1, 0.15) is 10.5 Å². The Bertz CT molecular complexity index is 705. The first kappa shape index (κ1) is 17.2. The second-order valence-electron chi connectivity index (χ2n) is 6.46. The van der Waals surface area contributed by atoms with Gasteiger partial charge in [0.05, 0.1) is 0 Å². The number of hydrogen-bond donors (Lipinski definition) is 1. The van der Waals surface area contributed by atoms with Crippen LogP contribution in [0.3, 0.4) is 0 Å². The summed E-state index contributed by atoms with van der Waals surface area (Å²) < 4.78 is 0. The molecule has 0 bridgehead atoms. The van der Waals surface area contributed by atoms with Crippen molar-refractivity contribution in [3.8, 4) is 0 Å². The van der Waals surface area contributed by atoms with Gasteiger partial charge in [-0.15, -0.1) is 10.2 Å². The Morgan fingerprint density at radius 2 is 1.68 bits per heavy atom. The Balaban J connectivity index is 1.62. The predicted molar refractivity (Wildman–Crippen MR) is 100 cm³/mol. The molecule has 3 rings (SSSR count). The molecule has 1 N–H and O–H groups in total. The molecule has 0 saturated carbocycles. The van der Waals surface area contributed by atoms with Gasteiger partial charge in [0.2, 0.25) is 0 Å². The molecular formula is C18H24N6O. The van der Waals surface area contributed by atoms with Crippen LogP contribution in [0, 0.1) is 0 Å². The summed E-state index contributed by atoms with van der Waals surface area (Å²) in [7, 11) is 6.07. The summed E-state index contributed by atoms with van der Waals surface area (Å²) in [5.74, 6) is 0.565. The van der Waals surface area contributed by atoms with Crippen LogP contribution < -0.4 is 15.1 Å². The molecule has 2 aromatic rings. The highest BCUT2D eigenvalue weighted by atomic mass is 16.1. The van der Waals surface area contributed by atoms with Gasteiger partial charge in [-0.25, -0.2) is 0 Å². The summed E-state index contributed by atoms with van der Waals surface area (Å²) in [4.78, 5) is 18.8. The number of nitrogens with zero attached hydrogens (tertiary/aromatic N) is 5. The highest BCUT2D eigenvalue weighted by molar-refractivity contribution is 6.02. The maximum absolute atomic E-state index is 12.3. The Labute approximate surface area is 148 Å². The molecule has 1 saturated heterocycles. The fourth-order valence-corrected chi connectivity index (χ4v) is 2.69. The van der Waals surface area contributed by atoms with Gasteiger partial charge in [0, 0.05) is 51.6 Å². The number of carbonyl (C=O) groups excluding carboxylic acids is 1. The van der Waals surface area contributed by atoms with Gasteiger partial charge < -0.3 is 20.0 Å². The molecule has 0 atom stereocenters. The summed E-state index contributed by atoms with van der Waals surface area (Å²) in [6.07, 6.45) is 0. The zero-order chi connectivity index (χ0) is 17.8. The first-order valence-electron chi connectivity index (χ1n) is 8.39.